The van der Waals surface area contributed by atoms with Gasteiger partial charge in [-0.3, -0.25) is 0 Å². The molecule has 8 rings (SSSR count). The van der Waals surface area contributed by atoms with E-state index in [4.69, 9.17) is 34.8 Å². The molecule has 0 spiro atoms. The van der Waals surface area contributed by atoms with Crippen LogP contribution in [0.2, 0.25) is 15.1 Å². The average molecular weight is 1050 g/mol. The standard InChI is InChI=1S/C25H19ClF3N5O.C24H16Cl2F4N6O/c26-20-10-6-17(7-11-20)15-30-23-14-22(19-4-2-1-3-5-19)32-24(33-23)34-31-16-18-8-12-21(13-9-18)35-25(27,28)29;25-16-8-4-14(5-9-16)12-31-22-33-21(20-18(26)2-1-3-19(20)27)34-23(35-22)36-32-13-15-6-10-17(11-7-15)37-24(28,29)30/h1-14,16H,15H2,(H2,30,32,33,34);1-11,13H,12H2,(H2,31,33,34,35,36). The summed E-state index contributed by atoms with van der Waals surface area (Å²) in [4.78, 5) is 21.7. The highest BCUT2D eigenvalue weighted by atomic mass is 35.5. The lowest BCUT2D eigenvalue weighted by molar-refractivity contribution is -0.275. The molecule has 0 aliphatic rings. The summed E-state index contributed by atoms with van der Waals surface area (Å²) in [7, 11) is 0. The highest BCUT2D eigenvalue weighted by molar-refractivity contribution is 6.33. The van der Waals surface area contributed by atoms with Gasteiger partial charge in [0.15, 0.2) is 5.82 Å². The van der Waals surface area contributed by atoms with E-state index >= 15 is 0 Å². The molecule has 13 nitrogen and oxygen atoms in total. The summed E-state index contributed by atoms with van der Waals surface area (Å²) in [5.74, 6) is -0.419. The first-order chi connectivity index (χ1) is 34.5. The minimum Gasteiger partial charge on any atom is -0.406 e. The fourth-order valence-electron chi connectivity index (χ4n) is 6.09. The largest absolute Gasteiger partial charge is 0.573 e. The van der Waals surface area contributed by atoms with Gasteiger partial charge in [-0.25, -0.2) is 20.2 Å². The van der Waals surface area contributed by atoms with Gasteiger partial charge in [0.25, 0.3) is 0 Å². The highest BCUT2D eigenvalue weighted by Gasteiger charge is 2.31. The number of hydrogen-bond donors (Lipinski definition) is 4. The Kier molecular flexibility index (Phi) is 17.4. The summed E-state index contributed by atoms with van der Waals surface area (Å²) in [6.45, 7) is 0.859. The number of anilines is 4. The zero-order valence-electron chi connectivity index (χ0n) is 36.7. The van der Waals surface area contributed by atoms with Crippen molar-refractivity contribution in [2.24, 2.45) is 10.2 Å². The number of hydrazone groups is 2. The Hall–Kier alpha value is -8.07. The van der Waals surface area contributed by atoms with Crippen LogP contribution in [0.4, 0.5) is 54.4 Å². The number of nitrogens with one attached hydrogen (secondary N) is 4. The molecule has 0 radical (unpaired) electrons. The fraction of sp³-hybridized carbons (Fsp3) is 0.0816. The molecule has 8 aromatic rings. The predicted octanol–water partition coefficient (Wildman–Crippen LogP) is 13.7. The number of hydrogen-bond acceptors (Lipinski definition) is 13. The highest BCUT2D eigenvalue weighted by Crippen LogP contribution is 2.30. The van der Waals surface area contributed by atoms with Crippen LogP contribution in [0.5, 0.6) is 11.5 Å². The molecule has 2 heterocycles. The number of aromatic nitrogens is 5. The van der Waals surface area contributed by atoms with Crippen LogP contribution in [0.3, 0.4) is 0 Å². The van der Waals surface area contributed by atoms with Crippen LogP contribution in [-0.2, 0) is 13.1 Å². The van der Waals surface area contributed by atoms with E-state index in [1.54, 1.807) is 12.1 Å². The monoisotopic (exact) mass is 1050 g/mol. The second-order valence-electron chi connectivity index (χ2n) is 14.7. The molecule has 0 saturated carbocycles. The zero-order valence-corrected chi connectivity index (χ0v) is 39.0. The normalized spacial score (nSPS) is 11.5. The van der Waals surface area contributed by atoms with Crippen molar-refractivity contribution in [3.63, 3.8) is 0 Å². The van der Waals surface area contributed by atoms with Crippen molar-refractivity contribution in [2.75, 3.05) is 21.5 Å². The van der Waals surface area contributed by atoms with Crippen molar-refractivity contribution in [1.82, 2.24) is 24.9 Å². The molecule has 72 heavy (non-hydrogen) atoms. The number of rotatable bonds is 16. The third-order valence-corrected chi connectivity index (χ3v) is 10.2. The van der Waals surface area contributed by atoms with Gasteiger partial charge in [0.05, 0.1) is 28.7 Å². The van der Waals surface area contributed by atoms with Gasteiger partial charge in [-0.1, -0.05) is 95.5 Å². The van der Waals surface area contributed by atoms with E-state index in [9.17, 15) is 30.7 Å². The first kappa shape index (κ1) is 51.8. The maximum atomic E-state index is 14.5. The van der Waals surface area contributed by atoms with E-state index < -0.39 is 18.5 Å². The summed E-state index contributed by atoms with van der Waals surface area (Å²) in [6.07, 6.45) is -6.75. The summed E-state index contributed by atoms with van der Waals surface area (Å²) < 4.78 is 96.1. The molecule has 368 valence electrons. The molecule has 0 fully saturated rings. The predicted molar refractivity (Wildman–Crippen MR) is 264 cm³/mol. The van der Waals surface area contributed by atoms with Crippen LogP contribution in [-0.4, -0.2) is 50.1 Å². The number of alkyl halides is 6. The van der Waals surface area contributed by atoms with E-state index in [2.05, 4.69) is 66.1 Å². The van der Waals surface area contributed by atoms with Gasteiger partial charge in [-0.05, 0) is 107 Å². The van der Waals surface area contributed by atoms with Crippen molar-refractivity contribution in [3.8, 4) is 34.1 Å². The number of halogens is 10. The molecule has 2 aromatic heterocycles. The molecule has 0 atom stereocenters. The first-order valence-electron chi connectivity index (χ1n) is 20.9. The molecule has 23 heteroatoms. The molecule has 0 aliphatic heterocycles. The molecular weight excluding hydrogens is 1010 g/mol. The van der Waals surface area contributed by atoms with Gasteiger partial charge >= 0.3 is 12.7 Å². The third kappa shape index (κ3) is 16.5. The summed E-state index contributed by atoms with van der Waals surface area (Å²) in [6, 6.07) is 40.6. The minimum absolute atomic E-state index is 0.0200. The van der Waals surface area contributed by atoms with Gasteiger partial charge in [0.1, 0.15) is 23.1 Å². The van der Waals surface area contributed by atoms with Crippen LogP contribution < -0.4 is 31.0 Å². The smallest absolute Gasteiger partial charge is 0.406 e. The molecule has 0 unspecified atom stereocenters. The van der Waals surface area contributed by atoms with E-state index in [1.807, 2.05) is 72.8 Å². The quantitative estimate of drug-likeness (QED) is 0.0415. The lowest BCUT2D eigenvalue weighted by Gasteiger charge is -2.10. The summed E-state index contributed by atoms with van der Waals surface area (Å²) in [5.41, 5.74) is 9.91. The van der Waals surface area contributed by atoms with Gasteiger partial charge in [0, 0.05) is 34.8 Å². The van der Waals surface area contributed by atoms with Crippen LogP contribution >= 0.6 is 34.8 Å². The Balaban J connectivity index is 0.000000212. The molecule has 6 aromatic carbocycles. The molecular formula is C49H35Cl3F7N11O2. The van der Waals surface area contributed by atoms with Crippen molar-refractivity contribution in [1.29, 1.82) is 0 Å². The molecule has 0 amide bonds. The Morgan fingerprint density at radius 3 is 1.53 bits per heavy atom. The van der Waals surface area contributed by atoms with Crippen molar-refractivity contribution >= 4 is 70.9 Å². The number of benzene rings is 6. The number of nitrogens with zero attached hydrogens (tertiary/aromatic N) is 7. The van der Waals surface area contributed by atoms with Crippen LogP contribution in [0, 0.1) is 5.82 Å². The Labute approximate surface area is 420 Å². The number of ether oxygens (including phenoxy) is 2. The van der Waals surface area contributed by atoms with Crippen molar-refractivity contribution in [3.05, 3.63) is 195 Å². The lowest BCUT2D eigenvalue weighted by atomic mass is 10.1. The first-order valence-corrected chi connectivity index (χ1v) is 22.0. The average Bonchev–Trinajstić information content (AvgIpc) is 3.34. The molecule has 4 N–H and O–H groups in total. The van der Waals surface area contributed by atoms with Crippen LogP contribution in [0.25, 0.3) is 22.6 Å². The van der Waals surface area contributed by atoms with Gasteiger partial charge in [-0.2, -0.15) is 30.1 Å². The van der Waals surface area contributed by atoms with E-state index in [0.717, 1.165) is 28.8 Å². The molecule has 0 saturated heterocycles. The van der Waals surface area contributed by atoms with Crippen LogP contribution in [0.15, 0.2) is 162 Å². The van der Waals surface area contributed by atoms with Gasteiger partial charge in [0.2, 0.25) is 17.8 Å². The van der Waals surface area contributed by atoms with Crippen LogP contribution in [0.1, 0.15) is 22.3 Å². The van der Waals surface area contributed by atoms with E-state index in [0.29, 0.717) is 45.8 Å². The molecule has 0 bridgehead atoms. The minimum atomic E-state index is -4.78. The summed E-state index contributed by atoms with van der Waals surface area (Å²) >= 11 is 18.1. The zero-order chi connectivity index (χ0) is 51.1. The third-order valence-electron chi connectivity index (χ3n) is 9.35. The summed E-state index contributed by atoms with van der Waals surface area (Å²) in [5, 5.41) is 15.8. The van der Waals surface area contributed by atoms with Gasteiger partial charge in [-0.15, -0.1) is 26.3 Å². The van der Waals surface area contributed by atoms with Crippen molar-refractivity contribution < 1.29 is 40.2 Å². The Morgan fingerprint density at radius 2 is 1.01 bits per heavy atom. The second kappa shape index (κ2) is 24.2. The topological polar surface area (TPSA) is 156 Å². The fourth-order valence-corrected chi connectivity index (χ4v) is 6.59. The van der Waals surface area contributed by atoms with E-state index in [1.165, 1.54) is 67.0 Å². The van der Waals surface area contributed by atoms with Gasteiger partial charge < -0.3 is 20.1 Å². The maximum Gasteiger partial charge on any atom is 0.573 e. The Morgan fingerprint density at radius 1 is 0.514 bits per heavy atom. The lowest BCUT2D eigenvalue weighted by Crippen LogP contribution is -2.17. The second-order valence-corrected chi connectivity index (χ2v) is 15.9. The molecule has 0 aliphatic carbocycles. The van der Waals surface area contributed by atoms with E-state index in [-0.39, 0.29) is 45.8 Å². The maximum absolute atomic E-state index is 14.5. The SMILES string of the molecule is FC(F)(F)Oc1ccc(C=NNc2nc(NCc3ccc(Cl)cc3)cc(-c3ccccc3)n2)cc1.Fc1cccc(Cl)c1-c1nc(NCc2ccc(Cl)cc2)nc(NN=Cc2ccc(OC(F)(F)F)cc2)n1. The Bertz CT molecular complexity index is 3080. The van der Waals surface area contributed by atoms with Crippen molar-refractivity contribution in [2.45, 2.75) is 25.8 Å².